The molecule has 2 aromatic heterocycles. The van der Waals surface area contributed by atoms with Crippen LogP contribution in [-0.4, -0.2) is 42.1 Å². The molecule has 1 fully saturated rings. The highest BCUT2D eigenvalue weighted by molar-refractivity contribution is 6.07. The van der Waals surface area contributed by atoms with Crippen LogP contribution in [0.1, 0.15) is 28.9 Å². The second-order valence-electron chi connectivity index (χ2n) is 6.92. The van der Waals surface area contributed by atoms with Crippen molar-refractivity contribution in [3.63, 3.8) is 0 Å². The van der Waals surface area contributed by atoms with Crippen molar-refractivity contribution in [2.24, 2.45) is 0 Å². The highest BCUT2D eigenvalue weighted by Gasteiger charge is 2.22. The number of hydrogen-bond donors (Lipinski definition) is 1. The van der Waals surface area contributed by atoms with Crippen LogP contribution in [0.3, 0.4) is 0 Å². The molecule has 28 heavy (non-hydrogen) atoms. The predicted octanol–water partition coefficient (Wildman–Crippen LogP) is 2.84. The lowest BCUT2D eigenvalue weighted by Crippen LogP contribution is -2.32. The van der Waals surface area contributed by atoms with Gasteiger partial charge in [-0.2, -0.15) is 0 Å². The van der Waals surface area contributed by atoms with Gasteiger partial charge in [0.05, 0.1) is 28.4 Å². The molecule has 0 bridgehead atoms. The van der Waals surface area contributed by atoms with E-state index in [1.165, 1.54) is 0 Å². The molecule has 1 unspecified atom stereocenters. The van der Waals surface area contributed by atoms with E-state index < -0.39 is 0 Å². The molecule has 1 saturated heterocycles. The molecule has 1 amide bonds. The summed E-state index contributed by atoms with van der Waals surface area (Å²) in [5, 5.41) is 7.57. The smallest absolute Gasteiger partial charge is 0.259 e. The first-order chi connectivity index (χ1) is 13.7. The van der Waals surface area contributed by atoms with Crippen molar-refractivity contribution in [1.82, 2.24) is 15.5 Å². The Bertz CT molecular complexity index is 1060. The zero-order valence-electron chi connectivity index (χ0n) is 15.4. The Morgan fingerprint density at radius 1 is 1.25 bits per heavy atom. The van der Waals surface area contributed by atoms with Crippen LogP contribution in [0, 0.1) is 6.92 Å². The Balaban J connectivity index is 1.52. The van der Waals surface area contributed by atoms with Crippen molar-refractivity contribution in [1.29, 1.82) is 0 Å². The third-order valence-electron chi connectivity index (χ3n) is 5.04. The minimum Gasteiger partial charge on any atom is -0.454 e. The van der Waals surface area contributed by atoms with Crippen LogP contribution in [-0.2, 0) is 4.74 Å². The Labute approximate surface area is 160 Å². The molecule has 5 rings (SSSR count). The Morgan fingerprint density at radius 2 is 2.14 bits per heavy atom. The summed E-state index contributed by atoms with van der Waals surface area (Å²) >= 11 is 0. The van der Waals surface area contributed by atoms with Gasteiger partial charge in [-0.15, -0.1) is 0 Å². The minimum absolute atomic E-state index is 0.0678. The largest absolute Gasteiger partial charge is 0.454 e. The maximum absolute atomic E-state index is 12.9. The van der Waals surface area contributed by atoms with E-state index in [1.54, 1.807) is 13.0 Å². The topological polar surface area (TPSA) is 95.7 Å². The zero-order valence-corrected chi connectivity index (χ0v) is 15.4. The first kappa shape index (κ1) is 17.0. The fourth-order valence-corrected chi connectivity index (χ4v) is 3.58. The summed E-state index contributed by atoms with van der Waals surface area (Å²) in [5.41, 5.74) is 2.84. The molecule has 2 aliphatic rings. The summed E-state index contributed by atoms with van der Waals surface area (Å²) in [7, 11) is 0. The number of ether oxygens (including phenoxy) is 3. The van der Waals surface area contributed by atoms with Crippen LogP contribution in [0.15, 0.2) is 28.8 Å². The van der Waals surface area contributed by atoms with Crippen molar-refractivity contribution in [3.05, 3.63) is 35.5 Å². The quantitative estimate of drug-likeness (QED) is 0.742. The van der Waals surface area contributed by atoms with Gasteiger partial charge in [0, 0.05) is 18.7 Å². The van der Waals surface area contributed by atoms with E-state index >= 15 is 0 Å². The summed E-state index contributed by atoms with van der Waals surface area (Å²) in [4.78, 5) is 17.5. The van der Waals surface area contributed by atoms with Gasteiger partial charge in [0.1, 0.15) is 0 Å². The standard InChI is InChI=1S/C20H19N3O5/c1-11-18-14(19(24)21-9-13-3-2-6-25-13)8-15(22-20(18)28-23-11)12-4-5-16-17(7-12)27-10-26-16/h4-5,7-8,13H,2-3,6,9-10H2,1H3,(H,21,24). The van der Waals surface area contributed by atoms with Crippen LogP contribution in [0.2, 0.25) is 0 Å². The molecule has 4 heterocycles. The maximum Gasteiger partial charge on any atom is 0.259 e. The monoisotopic (exact) mass is 381 g/mol. The number of carbonyl (C=O) groups excluding carboxylic acids is 1. The number of aryl methyl sites for hydroxylation is 1. The fourth-order valence-electron chi connectivity index (χ4n) is 3.58. The molecule has 1 aromatic carbocycles. The number of benzene rings is 1. The fraction of sp³-hybridized carbons (Fsp3) is 0.350. The van der Waals surface area contributed by atoms with Crippen LogP contribution < -0.4 is 14.8 Å². The summed E-state index contributed by atoms with van der Waals surface area (Å²) in [6.07, 6.45) is 2.05. The number of nitrogens with one attached hydrogen (secondary N) is 1. The van der Waals surface area contributed by atoms with Crippen molar-refractivity contribution >= 4 is 17.0 Å². The van der Waals surface area contributed by atoms with E-state index in [4.69, 9.17) is 18.7 Å². The van der Waals surface area contributed by atoms with Crippen molar-refractivity contribution in [3.8, 4) is 22.8 Å². The molecule has 0 aliphatic carbocycles. The number of hydrogen-bond acceptors (Lipinski definition) is 7. The van der Waals surface area contributed by atoms with E-state index in [9.17, 15) is 4.79 Å². The van der Waals surface area contributed by atoms with E-state index in [0.717, 1.165) is 25.0 Å². The van der Waals surface area contributed by atoms with E-state index in [1.807, 2.05) is 18.2 Å². The second kappa shape index (κ2) is 6.79. The molecular formula is C20H19N3O5. The summed E-state index contributed by atoms with van der Waals surface area (Å²) in [5.74, 6) is 1.14. The van der Waals surface area contributed by atoms with Gasteiger partial charge in [-0.25, -0.2) is 4.98 Å². The van der Waals surface area contributed by atoms with Crippen LogP contribution in [0.4, 0.5) is 0 Å². The van der Waals surface area contributed by atoms with Gasteiger partial charge in [-0.05, 0) is 44.0 Å². The van der Waals surface area contributed by atoms with Gasteiger partial charge in [0.15, 0.2) is 11.5 Å². The number of pyridine rings is 1. The third kappa shape index (κ3) is 2.95. The second-order valence-corrected chi connectivity index (χ2v) is 6.92. The van der Waals surface area contributed by atoms with Gasteiger partial charge >= 0.3 is 0 Å². The normalized spacial score (nSPS) is 18.0. The number of nitrogens with zero attached hydrogens (tertiary/aromatic N) is 2. The highest BCUT2D eigenvalue weighted by Crippen LogP contribution is 2.36. The van der Waals surface area contributed by atoms with Crippen LogP contribution >= 0.6 is 0 Å². The molecule has 3 aromatic rings. The lowest BCUT2D eigenvalue weighted by molar-refractivity contribution is 0.0859. The van der Waals surface area contributed by atoms with Crippen molar-refractivity contribution in [2.45, 2.75) is 25.9 Å². The average molecular weight is 381 g/mol. The molecule has 1 atom stereocenters. The van der Waals surface area contributed by atoms with Gasteiger partial charge < -0.3 is 24.1 Å². The Kier molecular flexibility index (Phi) is 4.12. The summed E-state index contributed by atoms with van der Waals surface area (Å²) in [6, 6.07) is 7.30. The summed E-state index contributed by atoms with van der Waals surface area (Å²) < 4.78 is 21.7. The Morgan fingerprint density at radius 3 is 3.00 bits per heavy atom. The van der Waals surface area contributed by atoms with Crippen LogP contribution in [0.5, 0.6) is 11.5 Å². The number of carbonyl (C=O) groups is 1. The molecule has 8 heteroatoms. The highest BCUT2D eigenvalue weighted by atomic mass is 16.7. The number of aromatic nitrogens is 2. The maximum atomic E-state index is 12.9. The minimum atomic E-state index is -0.198. The molecule has 2 aliphatic heterocycles. The molecule has 8 nitrogen and oxygen atoms in total. The first-order valence-electron chi connectivity index (χ1n) is 9.26. The Hall–Kier alpha value is -3.13. The SMILES string of the molecule is Cc1noc2nc(-c3ccc4c(c3)OCO4)cc(C(=O)NCC3CCCO3)c12. The van der Waals surface area contributed by atoms with Crippen molar-refractivity contribution < 1.29 is 23.5 Å². The number of fused-ring (bicyclic) bond motifs is 2. The van der Waals surface area contributed by atoms with Gasteiger partial charge in [0.2, 0.25) is 6.79 Å². The van der Waals surface area contributed by atoms with Crippen LogP contribution in [0.25, 0.3) is 22.4 Å². The van der Waals surface area contributed by atoms with Crippen molar-refractivity contribution in [2.75, 3.05) is 19.9 Å². The lowest BCUT2D eigenvalue weighted by Gasteiger charge is -2.12. The predicted molar refractivity (Wildman–Crippen MR) is 99.4 cm³/mol. The molecule has 0 saturated carbocycles. The number of amides is 1. The van der Waals surface area contributed by atoms with Gasteiger partial charge in [0.25, 0.3) is 11.6 Å². The lowest BCUT2D eigenvalue weighted by atomic mass is 10.0. The first-order valence-corrected chi connectivity index (χ1v) is 9.26. The molecule has 0 radical (unpaired) electrons. The zero-order chi connectivity index (χ0) is 19.1. The van der Waals surface area contributed by atoms with Gasteiger partial charge in [-0.3, -0.25) is 4.79 Å². The molecule has 144 valence electrons. The summed E-state index contributed by atoms with van der Waals surface area (Å²) in [6.45, 7) is 3.22. The average Bonchev–Trinajstić information content (AvgIpc) is 3.46. The van der Waals surface area contributed by atoms with E-state index in [-0.39, 0.29) is 18.8 Å². The molecule has 1 N–H and O–H groups in total. The van der Waals surface area contributed by atoms with E-state index in [2.05, 4.69) is 15.5 Å². The van der Waals surface area contributed by atoms with Gasteiger partial charge in [-0.1, -0.05) is 5.16 Å². The molecular weight excluding hydrogens is 362 g/mol. The number of rotatable bonds is 4. The third-order valence-corrected chi connectivity index (χ3v) is 5.04. The molecule has 0 spiro atoms. The van der Waals surface area contributed by atoms with E-state index in [0.29, 0.717) is 46.1 Å².